The molecule has 0 saturated carbocycles. The van der Waals surface area contributed by atoms with Crippen molar-refractivity contribution in [1.29, 1.82) is 0 Å². The Balaban J connectivity index is 2.11. The molecular formula is C12H20N4O. The molecule has 1 heterocycles. The maximum atomic E-state index is 12.0. The Kier molecular flexibility index (Phi) is 3.47. The van der Waals surface area contributed by atoms with Gasteiger partial charge in [0, 0.05) is 25.1 Å². The van der Waals surface area contributed by atoms with Crippen LogP contribution in [0.3, 0.4) is 0 Å². The minimum atomic E-state index is -0.0352. The molecule has 0 bridgehead atoms. The highest BCUT2D eigenvalue weighted by atomic mass is 16.2. The van der Waals surface area contributed by atoms with Gasteiger partial charge in [0.25, 0.3) is 0 Å². The molecule has 0 aliphatic heterocycles. The van der Waals surface area contributed by atoms with Gasteiger partial charge < -0.3 is 10.6 Å². The van der Waals surface area contributed by atoms with Crippen LogP contribution in [0.5, 0.6) is 0 Å². The number of aryl methyl sites for hydroxylation is 2. The van der Waals surface area contributed by atoms with E-state index in [2.05, 4.69) is 15.7 Å². The maximum absolute atomic E-state index is 12.0. The van der Waals surface area contributed by atoms with Gasteiger partial charge >= 0.3 is 0 Å². The molecule has 94 valence electrons. The summed E-state index contributed by atoms with van der Waals surface area (Å²) >= 11 is 0. The number of anilines is 1. The van der Waals surface area contributed by atoms with E-state index in [1.807, 2.05) is 21.0 Å². The number of carbonyl (C=O) groups excluding carboxylic acids is 1. The highest BCUT2D eigenvalue weighted by Crippen LogP contribution is 2.28. The second kappa shape index (κ2) is 4.87. The third-order valence-electron chi connectivity index (χ3n) is 3.27. The first-order valence-electron chi connectivity index (χ1n) is 6.13. The Bertz CT molecular complexity index is 424. The predicted octanol–water partition coefficient (Wildman–Crippen LogP) is 0.703. The number of fused-ring (bicyclic) bond motifs is 1. The van der Waals surface area contributed by atoms with Crippen molar-refractivity contribution < 1.29 is 4.79 Å². The highest BCUT2D eigenvalue weighted by molar-refractivity contribution is 5.92. The van der Waals surface area contributed by atoms with Crippen molar-refractivity contribution in [3.63, 3.8) is 0 Å². The SMILES string of the molecule is CNCC(C)C(=O)Nc1c2c(nn1C)CCC2. The topological polar surface area (TPSA) is 59.0 Å². The van der Waals surface area contributed by atoms with Gasteiger partial charge in [-0.25, -0.2) is 0 Å². The summed E-state index contributed by atoms with van der Waals surface area (Å²) in [7, 11) is 3.74. The van der Waals surface area contributed by atoms with Crippen LogP contribution >= 0.6 is 0 Å². The largest absolute Gasteiger partial charge is 0.319 e. The van der Waals surface area contributed by atoms with Gasteiger partial charge in [0.15, 0.2) is 0 Å². The molecule has 0 saturated heterocycles. The fraction of sp³-hybridized carbons (Fsp3) is 0.667. The Morgan fingerprint density at radius 3 is 3.00 bits per heavy atom. The minimum absolute atomic E-state index is 0.0352. The third-order valence-corrected chi connectivity index (χ3v) is 3.27. The van der Waals surface area contributed by atoms with Crippen molar-refractivity contribution in [2.24, 2.45) is 13.0 Å². The molecule has 1 unspecified atom stereocenters. The monoisotopic (exact) mass is 236 g/mol. The number of nitrogens with one attached hydrogen (secondary N) is 2. The zero-order valence-electron chi connectivity index (χ0n) is 10.7. The summed E-state index contributed by atoms with van der Waals surface area (Å²) in [5.41, 5.74) is 2.36. The molecule has 5 nitrogen and oxygen atoms in total. The van der Waals surface area contributed by atoms with Gasteiger partial charge in [-0.1, -0.05) is 6.92 Å². The zero-order valence-corrected chi connectivity index (χ0v) is 10.7. The van der Waals surface area contributed by atoms with Crippen molar-refractivity contribution >= 4 is 11.7 Å². The third kappa shape index (κ3) is 2.34. The van der Waals surface area contributed by atoms with E-state index in [-0.39, 0.29) is 11.8 Å². The van der Waals surface area contributed by atoms with Crippen molar-refractivity contribution in [2.75, 3.05) is 18.9 Å². The lowest BCUT2D eigenvalue weighted by Crippen LogP contribution is -2.29. The first-order chi connectivity index (χ1) is 8.13. The molecule has 1 aromatic rings. The van der Waals surface area contributed by atoms with Gasteiger partial charge in [0.05, 0.1) is 5.69 Å². The van der Waals surface area contributed by atoms with Crippen LogP contribution in [0.2, 0.25) is 0 Å². The molecule has 0 spiro atoms. The molecule has 5 heteroatoms. The Hall–Kier alpha value is -1.36. The zero-order chi connectivity index (χ0) is 12.4. The summed E-state index contributed by atoms with van der Waals surface area (Å²) < 4.78 is 1.79. The Morgan fingerprint density at radius 2 is 2.29 bits per heavy atom. The summed E-state index contributed by atoms with van der Waals surface area (Å²) in [5, 5.41) is 10.4. The van der Waals surface area contributed by atoms with Crippen molar-refractivity contribution in [2.45, 2.75) is 26.2 Å². The Labute approximate surface area is 102 Å². The van der Waals surface area contributed by atoms with Gasteiger partial charge in [0.1, 0.15) is 5.82 Å². The molecular weight excluding hydrogens is 216 g/mol. The first kappa shape index (κ1) is 12.1. The van der Waals surface area contributed by atoms with E-state index >= 15 is 0 Å². The van der Waals surface area contributed by atoms with Crippen LogP contribution in [0.4, 0.5) is 5.82 Å². The van der Waals surface area contributed by atoms with E-state index in [0.717, 1.165) is 30.8 Å². The van der Waals surface area contributed by atoms with Gasteiger partial charge in [-0.3, -0.25) is 9.48 Å². The average Bonchev–Trinajstić information content (AvgIpc) is 2.82. The summed E-state index contributed by atoms with van der Waals surface area (Å²) in [6.45, 7) is 2.61. The smallest absolute Gasteiger partial charge is 0.229 e. The van der Waals surface area contributed by atoms with Gasteiger partial charge in [0.2, 0.25) is 5.91 Å². The molecule has 2 N–H and O–H groups in total. The van der Waals surface area contributed by atoms with Crippen LogP contribution in [0.1, 0.15) is 24.6 Å². The minimum Gasteiger partial charge on any atom is -0.319 e. The van der Waals surface area contributed by atoms with Crippen molar-refractivity contribution in [3.8, 4) is 0 Å². The lowest BCUT2D eigenvalue weighted by molar-refractivity contribution is -0.119. The second-order valence-corrected chi connectivity index (χ2v) is 4.70. The van der Waals surface area contributed by atoms with E-state index in [1.54, 1.807) is 4.68 Å². The van der Waals surface area contributed by atoms with Gasteiger partial charge in [-0.15, -0.1) is 0 Å². The lowest BCUT2D eigenvalue weighted by atomic mass is 10.1. The molecule has 0 fully saturated rings. The predicted molar refractivity (Wildman–Crippen MR) is 67.0 cm³/mol. The van der Waals surface area contributed by atoms with E-state index in [0.29, 0.717) is 6.54 Å². The molecule has 0 radical (unpaired) electrons. The van der Waals surface area contributed by atoms with Crippen molar-refractivity contribution in [3.05, 3.63) is 11.3 Å². The maximum Gasteiger partial charge on any atom is 0.229 e. The summed E-state index contributed by atoms with van der Waals surface area (Å²) in [5.74, 6) is 0.898. The van der Waals surface area contributed by atoms with Crippen LogP contribution in [-0.4, -0.2) is 29.3 Å². The number of carbonyl (C=O) groups is 1. The van der Waals surface area contributed by atoms with Crippen molar-refractivity contribution in [1.82, 2.24) is 15.1 Å². The number of hydrogen-bond acceptors (Lipinski definition) is 3. The number of nitrogens with zero attached hydrogens (tertiary/aromatic N) is 2. The van der Waals surface area contributed by atoms with E-state index < -0.39 is 0 Å². The van der Waals surface area contributed by atoms with Crippen LogP contribution in [0.25, 0.3) is 0 Å². The van der Waals surface area contributed by atoms with Gasteiger partial charge in [-0.05, 0) is 26.3 Å². The lowest BCUT2D eigenvalue weighted by Gasteiger charge is -2.12. The van der Waals surface area contributed by atoms with E-state index in [4.69, 9.17) is 0 Å². The Morgan fingerprint density at radius 1 is 1.53 bits per heavy atom. The molecule has 0 aromatic carbocycles. The fourth-order valence-corrected chi connectivity index (χ4v) is 2.31. The highest BCUT2D eigenvalue weighted by Gasteiger charge is 2.23. The standard InChI is InChI=1S/C12H20N4O/c1-8(7-13-2)12(17)14-11-9-5-4-6-10(9)15-16(11)3/h8,13H,4-7H2,1-3H3,(H,14,17). The quantitative estimate of drug-likeness (QED) is 0.809. The van der Waals surface area contributed by atoms with Crippen LogP contribution in [0.15, 0.2) is 0 Å². The van der Waals surface area contributed by atoms with Crippen LogP contribution in [-0.2, 0) is 24.7 Å². The number of amides is 1. The number of aromatic nitrogens is 2. The normalized spacial score (nSPS) is 15.7. The molecule has 2 rings (SSSR count). The average molecular weight is 236 g/mol. The first-order valence-corrected chi connectivity index (χ1v) is 6.13. The molecule has 1 aromatic heterocycles. The van der Waals surface area contributed by atoms with E-state index in [1.165, 1.54) is 5.56 Å². The van der Waals surface area contributed by atoms with Gasteiger partial charge in [-0.2, -0.15) is 5.10 Å². The van der Waals surface area contributed by atoms with Crippen LogP contribution < -0.4 is 10.6 Å². The fourth-order valence-electron chi connectivity index (χ4n) is 2.31. The molecule has 1 atom stereocenters. The second-order valence-electron chi connectivity index (χ2n) is 4.70. The number of hydrogen-bond donors (Lipinski definition) is 2. The number of rotatable bonds is 4. The summed E-state index contributed by atoms with van der Waals surface area (Å²) in [6.07, 6.45) is 3.21. The molecule has 1 amide bonds. The molecule has 1 aliphatic rings. The summed E-state index contributed by atoms with van der Waals surface area (Å²) in [6, 6.07) is 0. The molecule has 17 heavy (non-hydrogen) atoms. The molecule has 1 aliphatic carbocycles. The van der Waals surface area contributed by atoms with Crippen LogP contribution in [0, 0.1) is 5.92 Å². The van der Waals surface area contributed by atoms with E-state index in [9.17, 15) is 4.79 Å². The summed E-state index contributed by atoms with van der Waals surface area (Å²) in [4.78, 5) is 12.0.